The predicted molar refractivity (Wildman–Crippen MR) is 129 cm³/mol. The Labute approximate surface area is 190 Å². The molecule has 2 aromatic heterocycles. The van der Waals surface area contributed by atoms with Gasteiger partial charge in [0.1, 0.15) is 17.9 Å². The van der Waals surface area contributed by atoms with E-state index < -0.39 is 5.97 Å². The average Bonchev–Trinajstić information content (AvgIpc) is 3.26. The lowest BCUT2D eigenvalue weighted by molar-refractivity contribution is -0.136. The van der Waals surface area contributed by atoms with Gasteiger partial charge in [-0.15, -0.1) is 11.3 Å². The Kier molecular flexibility index (Phi) is 6.66. The van der Waals surface area contributed by atoms with Crippen molar-refractivity contribution in [2.24, 2.45) is 0 Å². The van der Waals surface area contributed by atoms with E-state index in [0.29, 0.717) is 17.9 Å². The summed E-state index contributed by atoms with van der Waals surface area (Å²) in [5.74, 6) is 0.428. The number of nitrogens with one attached hydrogen (secondary N) is 1. The maximum Gasteiger partial charge on any atom is 0.307 e. The summed E-state index contributed by atoms with van der Waals surface area (Å²) in [6, 6.07) is 14.0. The monoisotopic (exact) mass is 447 g/mol. The fourth-order valence-electron chi connectivity index (χ4n) is 3.75. The maximum absolute atomic E-state index is 11.1. The summed E-state index contributed by atoms with van der Waals surface area (Å²) in [6.45, 7) is 5.27. The number of thiophene rings is 1. The summed E-state index contributed by atoms with van der Waals surface area (Å²) in [6.07, 6.45) is 2.35. The molecule has 164 valence electrons. The average molecular weight is 448 g/mol. The van der Waals surface area contributed by atoms with Gasteiger partial charge in [0.15, 0.2) is 0 Å². The maximum atomic E-state index is 11.1. The van der Waals surface area contributed by atoms with Gasteiger partial charge < -0.3 is 15.2 Å². The highest BCUT2D eigenvalue weighted by Gasteiger charge is 2.11. The van der Waals surface area contributed by atoms with Crippen molar-refractivity contribution in [3.05, 3.63) is 70.9 Å². The molecule has 0 aliphatic carbocycles. The highest BCUT2D eigenvalue weighted by atomic mass is 32.1. The standard InChI is InChI=1S/C25H25N3O3S/c1-3-31-22-12-18(4-5-19(22)13-25(29)30)21-14-24(28-15-27-21)26-10-8-17-6-7-23-20(16(17)2)9-11-32-23/h4-7,9,11-12,14-15H,3,8,10,13H2,1-2H3,(H,29,30)(H,26,27,28). The molecule has 6 nitrogen and oxygen atoms in total. The van der Waals surface area contributed by atoms with Crippen molar-refractivity contribution in [2.45, 2.75) is 26.7 Å². The van der Waals surface area contributed by atoms with Crippen molar-refractivity contribution in [1.29, 1.82) is 0 Å². The number of aromatic nitrogens is 2. The first-order valence-electron chi connectivity index (χ1n) is 10.5. The van der Waals surface area contributed by atoms with Gasteiger partial charge in [-0.2, -0.15) is 0 Å². The quantitative estimate of drug-likeness (QED) is 0.360. The van der Waals surface area contributed by atoms with Gasteiger partial charge in [0.05, 0.1) is 18.7 Å². The van der Waals surface area contributed by atoms with Gasteiger partial charge in [0.2, 0.25) is 0 Å². The minimum absolute atomic E-state index is 0.0806. The summed E-state index contributed by atoms with van der Waals surface area (Å²) in [7, 11) is 0. The van der Waals surface area contributed by atoms with Gasteiger partial charge in [-0.25, -0.2) is 9.97 Å². The van der Waals surface area contributed by atoms with E-state index in [1.54, 1.807) is 17.4 Å². The van der Waals surface area contributed by atoms with Crippen molar-refractivity contribution in [3.63, 3.8) is 0 Å². The zero-order valence-electron chi connectivity index (χ0n) is 18.1. The molecule has 0 saturated carbocycles. The molecule has 0 bridgehead atoms. The molecule has 2 heterocycles. The van der Waals surface area contributed by atoms with Gasteiger partial charge in [0, 0.05) is 28.4 Å². The zero-order chi connectivity index (χ0) is 22.5. The Balaban J connectivity index is 1.47. The third-order valence-electron chi connectivity index (χ3n) is 5.39. The lowest BCUT2D eigenvalue weighted by atomic mass is 10.0. The van der Waals surface area contributed by atoms with Crippen molar-refractivity contribution >= 4 is 33.2 Å². The Hall–Kier alpha value is -3.45. The molecule has 0 spiro atoms. The number of rotatable bonds is 9. The summed E-state index contributed by atoms with van der Waals surface area (Å²) in [4.78, 5) is 19.8. The summed E-state index contributed by atoms with van der Waals surface area (Å²) in [5, 5.41) is 16.0. The highest BCUT2D eigenvalue weighted by molar-refractivity contribution is 7.17. The molecule has 0 saturated heterocycles. The van der Waals surface area contributed by atoms with E-state index in [0.717, 1.165) is 30.0 Å². The Bertz CT molecular complexity index is 1250. The van der Waals surface area contributed by atoms with Crippen LogP contribution in [-0.4, -0.2) is 34.2 Å². The summed E-state index contributed by atoms with van der Waals surface area (Å²) < 4.78 is 6.98. The number of nitrogens with zero attached hydrogens (tertiary/aromatic N) is 2. The molecule has 0 unspecified atom stereocenters. The van der Waals surface area contributed by atoms with E-state index in [-0.39, 0.29) is 6.42 Å². The Morgan fingerprint density at radius 1 is 1.12 bits per heavy atom. The molecule has 0 amide bonds. The number of ether oxygens (including phenoxy) is 1. The number of carboxylic acids is 1. The van der Waals surface area contributed by atoms with Crippen molar-refractivity contribution < 1.29 is 14.6 Å². The van der Waals surface area contributed by atoms with E-state index in [1.807, 2.05) is 25.1 Å². The first kappa shape index (κ1) is 21.8. The fraction of sp³-hybridized carbons (Fsp3) is 0.240. The number of fused-ring (bicyclic) bond motifs is 1. The van der Waals surface area contributed by atoms with E-state index in [9.17, 15) is 4.79 Å². The molecule has 2 aromatic carbocycles. The minimum Gasteiger partial charge on any atom is -0.494 e. The molecule has 2 N–H and O–H groups in total. The van der Waals surface area contributed by atoms with E-state index in [1.165, 1.54) is 27.5 Å². The lowest BCUT2D eigenvalue weighted by Crippen LogP contribution is -2.07. The SMILES string of the molecule is CCOc1cc(-c2cc(NCCc3ccc4sccc4c3C)ncn2)ccc1CC(=O)O. The van der Waals surface area contributed by atoms with Crippen LogP contribution in [0.15, 0.2) is 54.2 Å². The number of aryl methyl sites for hydroxylation is 1. The molecule has 4 rings (SSSR count). The van der Waals surface area contributed by atoms with Crippen LogP contribution in [-0.2, 0) is 17.6 Å². The second kappa shape index (κ2) is 9.78. The molecule has 7 heteroatoms. The number of benzene rings is 2. The van der Waals surface area contributed by atoms with Gasteiger partial charge in [-0.1, -0.05) is 18.2 Å². The van der Waals surface area contributed by atoms with Crippen LogP contribution in [0.25, 0.3) is 21.3 Å². The zero-order valence-corrected chi connectivity index (χ0v) is 18.9. The van der Waals surface area contributed by atoms with Crippen LogP contribution >= 0.6 is 11.3 Å². The van der Waals surface area contributed by atoms with Gasteiger partial charge in [-0.3, -0.25) is 4.79 Å². The van der Waals surface area contributed by atoms with Gasteiger partial charge in [-0.05, 0) is 60.4 Å². The van der Waals surface area contributed by atoms with Crippen LogP contribution in [0.1, 0.15) is 23.6 Å². The third kappa shape index (κ3) is 4.89. The normalized spacial score (nSPS) is 10.9. The van der Waals surface area contributed by atoms with Crippen molar-refractivity contribution in [2.75, 3.05) is 18.5 Å². The summed E-state index contributed by atoms with van der Waals surface area (Å²) >= 11 is 1.77. The van der Waals surface area contributed by atoms with Crippen molar-refractivity contribution in [1.82, 2.24) is 9.97 Å². The number of carboxylic acid groups (broad SMARTS) is 1. The number of aliphatic carboxylic acids is 1. The van der Waals surface area contributed by atoms with Gasteiger partial charge >= 0.3 is 5.97 Å². The molecular formula is C25H25N3O3S. The van der Waals surface area contributed by atoms with E-state index >= 15 is 0 Å². The van der Waals surface area contributed by atoms with Crippen LogP contribution < -0.4 is 10.1 Å². The van der Waals surface area contributed by atoms with Crippen LogP contribution in [0.5, 0.6) is 5.75 Å². The molecule has 0 aliphatic heterocycles. The Morgan fingerprint density at radius 3 is 2.78 bits per heavy atom. The Morgan fingerprint density at radius 2 is 1.97 bits per heavy atom. The fourth-order valence-corrected chi connectivity index (χ4v) is 4.60. The number of carbonyl (C=O) groups is 1. The second-order valence-corrected chi connectivity index (χ2v) is 8.42. The van der Waals surface area contributed by atoms with Crippen LogP contribution in [0.4, 0.5) is 5.82 Å². The second-order valence-electron chi connectivity index (χ2n) is 7.47. The lowest BCUT2D eigenvalue weighted by Gasteiger charge is -2.12. The van der Waals surface area contributed by atoms with Crippen LogP contribution in [0.2, 0.25) is 0 Å². The first-order chi connectivity index (χ1) is 15.5. The molecule has 0 fully saturated rings. The number of hydrogen-bond donors (Lipinski definition) is 2. The van der Waals surface area contributed by atoms with Crippen molar-refractivity contribution in [3.8, 4) is 17.0 Å². The van der Waals surface area contributed by atoms with Crippen LogP contribution in [0, 0.1) is 6.92 Å². The largest absolute Gasteiger partial charge is 0.494 e. The smallest absolute Gasteiger partial charge is 0.307 e. The van der Waals surface area contributed by atoms with E-state index in [2.05, 4.69) is 45.8 Å². The van der Waals surface area contributed by atoms with Crippen LogP contribution in [0.3, 0.4) is 0 Å². The molecular weight excluding hydrogens is 422 g/mol. The molecule has 0 radical (unpaired) electrons. The number of anilines is 1. The molecule has 32 heavy (non-hydrogen) atoms. The predicted octanol–water partition coefficient (Wildman–Crippen LogP) is 5.35. The van der Waals surface area contributed by atoms with E-state index in [4.69, 9.17) is 9.84 Å². The molecule has 0 atom stereocenters. The minimum atomic E-state index is -0.888. The topological polar surface area (TPSA) is 84.3 Å². The molecule has 4 aromatic rings. The van der Waals surface area contributed by atoms with Gasteiger partial charge in [0.25, 0.3) is 0 Å². The molecule has 0 aliphatic rings. The summed E-state index contributed by atoms with van der Waals surface area (Å²) in [5.41, 5.74) is 4.91. The highest BCUT2D eigenvalue weighted by Crippen LogP contribution is 2.28. The third-order valence-corrected chi connectivity index (χ3v) is 6.27. The number of hydrogen-bond acceptors (Lipinski definition) is 6. The first-order valence-corrected chi connectivity index (χ1v) is 11.4.